The van der Waals surface area contributed by atoms with Crippen LogP contribution in [-0.2, 0) is 0 Å². The predicted molar refractivity (Wildman–Crippen MR) is 110 cm³/mol. The van der Waals surface area contributed by atoms with Gasteiger partial charge in [-0.1, -0.05) is 60.3 Å². The van der Waals surface area contributed by atoms with Crippen molar-refractivity contribution in [3.05, 3.63) is 84.6 Å². The SMILES string of the molecule is CCN1c2ccccc2SC1/C=C/C=C1\C=CN(C)c2ccccc21. The molecule has 0 saturated carbocycles. The van der Waals surface area contributed by atoms with Crippen molar-refractivity contribution in [3.8, 4) is 0 Å². The van der Waals surface area contributed by atoms with Crippen molar-refractivity contribution < 1.29 is 0 Å². The smallest absolute Gasteiger partial charge is 0.0985 e. The summed E-state index contributed by atoms with van der Waals surface area (Å²) >= 11 is 1.93. The summed E-state index contributed by atoms with van der Waals surface area (Å²) in [7, 11) is 2.09. The molecule has 2 aliphatic rings. The molecule has 0 aromatic heterocycles. The highest BCUT2D eigenvalue weighted by Gasteiger charge is 2.26. The van der Waals surface area contributed by atoms with Gasteiger partial charge in [-0.15, -0.1) is 0 Å². The van der Waals surface area contributed by atoms with E-state index in [4.69, 9.17) is 0 Å². The molecule has 0 spiro atoms. The first-order chi connectivity index (χ1) is 12.3. The third kappa shape index (κ3) is 3.00. The van der Waals surface area contributed by atoms with E-state index in [1.54, 1.807) is 0 Å². The van der Waals surface area contributed by atoms with Crippen LogP contribution in [0.15, 0.2) is 83.9 Å². The minimum atomic E-state index is 0.365. The van der Waals surface area contributed by atoms with Gasteiger partial charge in [0.15, 0.2) is 0 Å². The van der Waals surface area contributed by atoms with Gasteiger partial charge in [0, 0.05) is 35.9 Å². The van der Waals surface area contributed by atoms with E-state index >= 15 is 0 Å². The second kappa shape index (κ2) is 6.85. The van der Waals surface area contributed by atoms with Gasteiger partial charge in [0.2, 0.25) is 0 Å². The van der Waals surface area contributed by atoms with Crippen LogP contribution in [0.1, 0.15) is 12.5 Å². The second-order valence-electron chi connectivity index (χ2n) is 6.21. The van der Waals surface area contributed by atoms with Gasteiger partial charge in [0.25, 0.3) is 0 Å². The first kappa shape index (κ1) is 16.1. The lowest BCUT2D eigenvalue weighted by molar-refractivity contribution is 0.878. The van der Waals surface area contributed by atoms with Crippen LogP contribution in [0.2, 0.25) is 0 Å². The van der Waals surface area contributed by atoms with E-state index in [-0.39, 0.29) is 0 Å². The van der Waals surface area contributed by atoms with E-state index in [0.717, 1.165) is 6.54 Å². The number of thioether (sulfide) groups is 1. The first-order valence-electron chi connectivity index (χ1n) is 8.69. The molecule has 1 atom stereocenters. The molecule has 0 bridgehead atoms. The molecule has 25 heavy (non-hydrogen) atoms. The van der Waals surface area contributed by atoms with Crippen molar-refractivity contribution in [1.29, 1.82) is 0 Å². The van der Waals surface area contributed by atoms with Crippen molar-refractivity contribution >= 4 is 28.7 Å². The number of likely N-dealkylation sites (N-methyl/N-ethyl adjacent to an activating group) is 1. The highest BCUT2D eigenvalue weighted by molar-refractivity contribution is 8.00. The van der Waals surface area contributed by atoms with E-state index in [1.807, 2.05) is 11.8 Å². The Morgan fingerprint density at radius 3 is 2.64 bits per heavy atom. The van der Waals surface area contributed by atoms with E-state index in [9.17, 15) is 0 Å². The van der Waals surface area contributed by atoms with Crippen molar-refractivity contribution in [3.63, 3.8) is 0 Å². The molecule has 2 aromatic rings. The highest BCUT2D eigenvalue weighted by Crippen LogP contribution is 2.43. The third-order valence-corrected chi connectivity index (χ3v) is 5.95. The van der Waals surface area contributed by atoms with E-state index in [2.05, 4.69) is 103 Å². The molecule has 2 heterocycles. The minimum absolute atomic E-state index is 0.365. The van der Waals surface area contributed by atoms with Crippen molar-refractivity contribution in [1.82, 2.24) is 0 Å². The zero-order chi connectivity index (χ0) is 17.2. The van der Waals surface area contributed by atoms with Crippen LogP contribution >= 0.6 is 11.8 Å². The van der Waals surface area contributed by atoms with Crippen molar-refractivity contribution in [2.75, 3.05) is 23.4 Å². The average molecular weight is 346 g/mol. The standard InChI is InChI=1S/C22H22N2S/c1-3-24-20-12-6-7-13-21(20)25-22(24)14-8-9-17-15-16-23(2)19-11-5-4-10-18(17)19/h4-16,22H,3H2,1-2H3/b14-8+,17-9+. The lowest BCUT2D eigenvalue weighted by atomic mass is 10.00. The summed E-state index contributed by atoms with van der Waals surface area (Å²) in [6, 6.07) is 17.2. The fourth-order valence-corrected chi connectivity index (χ4v) is 4.69. The summed E-state index contributed by atoms with van der Waals surface area (Å²) in [6.45, 7) is 3.24. The molecule has 0 aliphatic carbocycles. The van der Waals surface area contributed by atoms with E-state index in [0.29, 0.717) is 5.37 Å². The predicted octanol–water partition coefficient (Wildman–Crippen LogP) is 5.55. The molecule has 126 valence electrons. The van der Waals surface area contributed by atoms with Gasteiger partial charge in [0.05, 0.1) is 11.1 Å². The Balaban J connectivity index is 1.57. The molecule has 1 unspecified atom stereocenters. The Labute approximate surface area is 154 Å². The van der Waals surface area contributed by atoms with Crippen LogP contribution in [0, 0.1) is 0 Å². The summed E-state index contributed by atoms with van der Waals surface area (Å²) in [5.74, 6) is 0. The number of hydrogen-bond acceptors (Lipinski definition) is 3. The Morgan fingerprint density at radius 1 is 1.04 bits per heavy atom. The number of para-hydroxylation sites is 2. The highest BCUT2D eigenvalue weighted by atomic mass is 32.2. The Kier molecular flexibility index (Phi) is 4.41. The van der Waals surface area contributed by atoms with Crippen molar-refractivity contribution in [2.24, 2.45) is 0 Å². The maximum absolute atomic E-state index is 2.45. The van der Waals surface area contributed by atoms with Gasteiger partial charge in [-0.05, 0) is 36.8 Å². The lowest BCUT2D eigenvalue weighted by Gasteiger charge is -2.23. The largest absolute Gasteiger partial charge is 0.355 e. The van der Waals surface area contributed by atoms with Crippen LogP contribution in [0.3, 0.4) is 0 Å². The molecular formula is C22H22N2S. The molecule has 0 N–H and O–H groups in total. The summed E-state index contributed by atoms with van der Waals surface area (Å²) in [5.41, 5.74) is 5.14. The third-order valence-electron chi connectivity index (χ3n) is 4.69. The van der Waals surface area contributed by atoms with E-state index in [1.165, 1.54) is 27.4 Å². The van der Waals surface area contributed by atoms with Gasteiger partial charge in [0.1, 0.15) is 0 Å². The lowest BCUT2D eigenvalue weighted by Crippen LogP contribution is -2.27. The maximum Gasteiger partial charge on any atom is 0.0985 e. The molecule has 0 amide bonds. The Morgan fingerprint density at radius 2 is 1.80 bits per heavy atom. The summed E-state index contributed by atoms with van der Waals surface area (Å²) < 4.78 is 0. The number of rotatable bonds is 3. The molecule has 2 nitrogen and oxygen atoms in total. The quantitative estimate of drug-likeness (QED) is 0.719. The maximum atomic E-state index is 2.45. The summed E-state index contributed by atoms with van der Waals surface area (Å²) in [6.07, 6.45) is 11.0. The van der Waals surface area contributed by atoms with Crippen LogP contribution in [0.5, 0.6) is 0 Å². The number of hydrogen-bond donors (Lipinski definition) is 0. The second-order valence-corrected chi connectivity index (χ2v) is 7.37. The van der Waals surface area contributed by atoms with Gasteiger partial charge in [-0.25, -0.2) is 0 Å². The number of allylic oxidation sites excluding steroid dienone is 4. The number of nitrogens with zero attached hydrogens (tertiary/aromatic N) is 2. The van der Waals surface area contributed by atoms with Gasteiger partial charge < -0.3 is 9.80 Å². The van der Waals surface area contributed by atoms with Gasteiger partial charge in [-0.2, -0.15) is 0 Å². The molecule has 0 saturated heterocycles. The number of anilines is 2. The topological polar surface area (TPSA) is 6.48 Å². The first-order valence-corrected chi connectivity index (χ1v) is 9.57. The summed E-state index contributed by atoms with van der Waals surface area (Å²) in [4.78, 5) is 5.99. The van der Waals surface area contributed by atoms with Crippen LogP contribution in [0.4, 0.5) is 11.4 Å². The molecule has 2 aromatic carbocycles. The number of fused-ring (bicyclic) bond motifs is 2. The van der Waals surface area contributed by atoms with Crippen LogP contribution < -0.4 is 9.80 Å². The monoisotopic (exact) mass is 346 g/mol. The van der Waals surface area contributed by atoms with E-state index < -0.39 is 0 Å². The molecule has 3 heteroatoms. The normalized spacial score (nSPS) is 20.4. The minimum Gasteiger partial charge on any atom is -0.355 e. The summed E-state index contributed by atoms with van der Waals surface area (Å²) in [5, 5.41) is 0.365. The van der Waals surface area contributed by atoms with Gasteiger partial charge >= 0.3 is 0 Å². The zero-order valence-corrected chi connectivity index (χ0v) is 15.4. The van der Waals surface area contributed by atoms with Crippen molar-refractivity contribution in [2.45, 2.75) is 17.2 Å². The Bertz CT molecular complexity index is 866. The van der Waals surface area contributed by atoms with Crippen LogP contribution in [0.25, 0.3) is 5.57 Å². The number of benzene rings is 2. The molecule has 0 radical (unpaired) electrons. The van der Waals surface area contributed by atoms with Gasteiger partial charge in [-0.3, -0.25) is 0 Å². The fourth-order valence-electron chi connectivity index (χ4n) is 3.41. The Hall–Kier alpha value is -2.39. The fraction of sp³-hybridized carbons (Fsp3) is 0.182. The average Bonchev–Trinajstić information content (AvgIpc) is 3.01. The zero-order valence-electron chi connectivity index (χ0n) is 14.6. The molecule has 2 aliphatic heterocycles. The molecule has 0 fully saturated rings. The molecular weight excluding hydrogens is 324 g/mol. The molecule has 4 rings (SSSR count). The van der Waals surface area contributed by atoms with Crippen LogP contribution in [-0.4, -0.2) is 19.0 Å².